The normalized spacial score (nSPS) is 12.5. The van der Waals surface area contributed by atoms with Gasteiger partial charge >= 0.3 is 0 Å². The molecule has 0 heterocycles. The molecule has 0 aliphatic rings. The third kappa shape index (κ3) is 6.63. The topological polar surface area (TPSA) is 64.1 Å². The average molecular weight is 305 g/mol. The molecule has 116 valence electrons. The van der Waals surface area contributed by atoms with Crippen molar-refractivity contribution in [3.8, 4) is 0 Å². The number of anilines is 1. The molecule has 1 aromatic carbocycles. The van der Waals surface area contributed by atoms with Crippen molar-refractivity contribution in [2.45, 2.75) is 32.6 Å². The third-order valence-corrected chi connectivity index (χ3v) is 4.16. The molecule has 21 heavy (non-hydrogen) atoms. The fourth-order valence-corrected chi connectivity index (χ4v) is 2.73. The van der Waals surface area contributed by atoms with Gasteiger partial charge < -0.3 is 16.8 Å². The van der Waals surface area contributed by atoms with Gasteiger partial charge in [0.25, 0.3) is 0 Å². The van der Waals surface area contributed by atoms with Crippen LogP contribution in [0.5, 0.6) is 0 Å². The molecular formula is C17H27N3S. The van der Waals surface area contributed by atoms with Gasteiger partial charge in [-0.25, -0.2) is 0 Å². The van der Waals surface area contributed by atoms with E-state index in [9.17, 15) is 0 Å². The summed E-state index contributed by atoms with van der Waals surface area (Å²) in [6.45, 7) is 2.22. The average Bonchev–Trinajstić information content (AvgIpc) is 2.52. The lowest BCUT2D eigenvalue weighted by atomic mass is 10.1. The van der Waals surface area contributed by atoms with Gasteiger partial charge in [0.2, 0.25) is 0 Å². The van der Waals surface area contributed by atoms with Crippen molar-refractivity contribution in [2.75, 3.05) is 18.1 Å². The van der Waals surface area contributed by atoms with Crippen LogP contribution in [0.4, 0.5) is 5.69 Å². The highest BCUT2D eigenvalue weighted by molar-refractivity contribution is 8.03. The maximum atomic E-state index is 6.13. The van der Waals surface area contributed by atoms with E-state index in [4.69, 9.17) is 11.5 Å². The van der Waals surface area contributed by atoms with E-state index < -0.39 is 0 Å². The number of thioether (sulfide) groups is 1. The highest BCUT2D eigenvalue weighted by Crippen LogP contribution is 2.20. The molecule has 0 aromatic heterocycles. The predicted octanol–water partition coefficient (Wildman–Crippen LogP) is 4.14. The van der Waals surface area contributed by atoms with E-state index >= 15 is 0 Å². The van der Waals surface area contributed by atoms with Crippen LogP contribution in [-0.4, -0.2) is 12.8 Å². The molecule has 5 N–H and O–H groups in total. The third-order valence-electron chi connectivity index (χ3n) is 3.20. The van der Waals surface area contributed by atoms with E-state index in [-0.39, 0.29) is 0 Å². The fraction of sp³-hybridized carbons (Fsp3) is 0.412. The van der Waals surface area contributed by atoms with Crippen molar-refractivity contribution >= 4 is 23.1 Å². The Hall–Kier alpha value is -1.55. The van der Waals surface area contributed by atoms with Gasteiger partial charge in [0.1, 0.15) is 0 Å². The van der Waals surface area contributed by atoms with Gasteiger partial charge in [-0.05, 0) is 30.4 Å². The summed E-state index contributed by atoms with van der Waals surface area (Å²) in [4.78, 5) is 0. The van der Waals surface area contributed by atoms with E-state index in [0.717, 1.165) is 27.7 Å². The molecule has 0 spiro atoms. The van der Waals surface area contributed by atoms with Crippen molar-refractivity contribution in [3.05, 3.63) is 47.0 Å². The fourth-order valence-electron chi connectivity index (χ4n) is 1.98. The van der Waals surface area contributed by atoms with Crippen molar-refractivity contribution in [2.24, 2.45) is 11.5 Å². The zero-order valence-corrected chi connectivity index (χ0v) is 13.9. The Morgan fingerprint density at radius 2 is 1.90 bits per heavy atom. The molecule has 0 aliphatic carbocycles. The summed E-state index contributed by atoms with van der Waals surface area (Å²) in [5.74, 6) is 1.07. The molecule has 0 saturated heterocycles. The van der Waals surface area contributed by atoms with Crippen LogP contribution in [0, 0.1) is 0 Å². The Kier molecular flexibility index (Phi) is 8.51. The first-order valence-electron chi connectivity index (χ1n) is 7.52. The Balaban J connectivity index is 2.55. The number of hydrogen-bond acceptors (Lipinski definition) is 4. The summed E-state index contributed by atoms with van der Waals surface area (Å²) < 4.78 is 0. The predicted molar refractivity (Wildman–Crippen MR) is 97.0 cm³/mol. The van der Waals surface area contributed by atoms with E-state index in [2.05, 4.69) is 12.2 Å². The van der Waals surface area contributed by atoms with Gasteiger partial charge in [0.15, 0.2) is 0 Å². The molecule has 3 nitrogen and oxygen atoms in total. The summed E-state index contributed by atoms with van der Waals surface area (Å²) in [5, 5.41) is 3.96. The van der Waals surface area contributed by atoms with Gasteiger partial charge in [-0.3, -0.25) is 0 Å². The Morgan fingerprint density at radius 3 is 2.62 bits per heavy atom. The molecule has 0 bridgehead atoms. The van der Waals surface area contributed by atoms with Gasteiger partial charge in [0.05, 0.1) is 5.03 Å². The highest BCUT2D eigenvalue weighted by Gasteiger charge is 2.01. The second-order valence-corrected chi connectivity index (χ2v) is 6.06. The SMILES string of the molecule is CCCCCCS/C(N)=C/C=C(\N)c1ccccc1NC. The zero-order valence-electron chi connectivity index (χ0n) is 13.1. The summed E-state index contributed by atoms with van der Waals surface area (Å²) in [6.07, 6.45) is 8.84. The number of nitrogens with one attached hydrogen (secondary N) is 1. The summed E-state index contributed by atoms with van der Waals surface area (Å²) in [5.41, 5.74) is 14.9. The van der Waals surface area contributed by atoms with Crippen LogP contribution in [0.3, 0.4) is 0 Å². The van der Waals surface area contributed by atoms with Gasteiger partial charge in [0, 0.05) is 24.0 Å². The second-order valence-electron chi connectivity index (χ2n) is 4.90. The quantitative estimate of drug-likeness (QED) is 0.474. The lowest BCUT2D eigenvalue weighted by Gasteiger charge is -2.08. The highest BCUT2D eigenvalue weighted by atomic mass is 32.2. The first-order chi connectivity index (χ1) is 10.2. The van der Waals surface area contributed by atoms with E-state index in [1.165, 1.54) is 25.7 Å². The van der Waals surface area contributed by atoms with Crippen LogP contribution in [0.2, 0.25) is 0 Å². The van der Waals surface area contributed by atoms with Gasteiger partial charge in [-0.1, -0.05) is 44.4 Å². The Morgan fingerprint density at radius 1 is 1.14 bits per heavy atom. The van der Waals surface area contributed by atoms with Gasteiger partial charge in [-0.15, -0.1) is 11.8 Å². The first kappa shape index (κ1) is 17.5. The van der Waals surface area contributed by atoms with Crippen LogP contribution < -0.4 is 16.8 Å². The molecule has 0 atom stereocenters. The Labute approximate surface area is 132 Å². The largest absolute Gasteiger partial charge is 0.398 e. The number of para-hydroxylation sites is 1. The minimum absolute atomic E-state index is 0.717. The van der Waals surface area contributed by atoms with Crippen molar-refractivity contribution < 1.29 is 0 Å². The zero-order chi connectivity index (χ0) is 15.5. The summed E-state index contributed by atoms with van der Waals surface area (Å²) >= 11 is 1.70. The lowest BCUT2D eigenvalue weighted by molar-refractivity contribution is 0.707. The molecule has 4 heteroatoms. The molecule has 0 aliphatic heterocycles. The molecule has 0 fully saturated rings. The van der Waals surface area contributed by atoms with Crippen LogP contribution in [0.15, 0.2) is 41.4 Å². The number of hydrogen-bond donors (Lipinski definition) is 3. The molecule has 0 saturated carbocycles. The van der Waals surface area contributed by atoms with Crippen molar-refractivity contribution in [1.29, 1.82) is 0 Å². The lowest BCUT2D eigenvalue weighted by Crippen LogP contribution is -2.01. The summed E-state index contributed by atoms with van der Waals surface area (Å²) in [7, 11) is 1.89. The standard InChI is InChI=1S/C17H27N3S/c1-3-4-5-8-13-21-17(19)12-11-15(18)14-9-6-7-10-16(14)20-2/h6-7,9-12,20H,3-5,8,13,18-19H2,1-2H3/b15-11-,17-12+. The Bertz CT molecular complexity index is 481. The number of benzene rings is 1. The van der Waals surface area contributed by atoms with Crippen molar-refractivity contribution in [3.63, 3.8) is 0 Å². The molecule has 1 rings (SSSR count). The van der Waals surface area contributed by atoms with E-state index in [1.54, 1.807) is 11.8 Å². The number of rotatable bonds is 9. The van der Waals surface area contributed by atoms with Crippen LogP contribution >= 0.6 is 11.8 Å². The van der Waals surface area contributed by atoms with Gasteiger partial charge in [-0.2, -0.15) is 0 Å². The number of unbranched alkanes of at least 4 members (excludes halogenated alkanes) is 3. The van der Waals surface area contributed by atoms with Crippen LogP contribution in [0.1, 0.15) is 38.2 Å². The minimum Gasteiger partial charge on any atom is -0.398 e. The van der Waals surface area contributed by atoms with Crippen LogP contribution in [-0.2, 0) is 0 Å². The molecule has 0 amide bonds. The second kappa shape index (κ2) is 10.2. The summed E-state index contributed by atoms with van der Waals surface area (Å²) in [6, 6.07) is 7.97. The number of nitrogens with two attached hydrogens (primary N) is 2. The first-order valence-corrected chi connectivity index (χ1v) is 8.50. The van der Waals surface area contributed by atoms with Crippen molar-refractivity contribution in [1.82, 2.24) is 0 Å². The smallest absolute Gasteiger partial charge is 0.0655 e. The molecule has 0 radical (unpaired) electrons. The molecule has 1 aromatic rings. The molecule has 0 unspecified atom stereocenters. The van der Waals surface area contributed by atoms with E-state index in [0.29, 0.717) is 0 Å². The van der Waals surface area contributed by atoms with Crippen LogP contribution in [0.25, 0.3) is 5.70 Å². The maximum absolute atomic E-state index is 6.13. The minimum atomic E-state index is 0.717. The monoisotopic (exact) mass is 305 g/mol. The number of allylic oxidation sites excluding steroid dienone is 2. The van der Waals surface area contributed by atoms with E-state index in [1.807, 2.05) is 43.5 Å². The maximum Gasteiger partial charge on any atom is 0.0655 e. The molecular weight excluding hydrogens is 278 g/mol.